The van der Waals surface area contributed by atoms with E-state index in [0.29, 0.717) is 31.9 Å². The monoisotopic (exact) mass is 381 g/mol. The summed E-state index contributed by atoms with van der Waals surface area (Å²) in [4.78, 5) is 23.5. The zero-order chi connectivity index (χ0) is 19.5. The van der Waals surface area contributed by atoms with Gasteiger partial charge in [0, 0.05) is 49.7 Å². The molecule has 28 heavy (non-hydrogen) atoms. The minimum atomic E-state index is -0.409. The number of aliphatic hydroxyl groups excluding tert-OH is 1. The van der Waals surface area contributed by atoms with E-state index in [4.69, 9.17) is 4.74 Å². The van der Waals surface area contributed by atoms with Crippen molar-refractivity contribution in [1.82, 2.24) is 24.6 Å². The van der Waals surface area contributed by atoms with Crippen LogP contribution in [0.25, 0.3) is 11.0 Å². The number of benzene rings is 1. The van der Waals surface area contributed by atoms with Crippen LogP contribution in [0.3, 0.4) is 0 Å². The van der Waals surface area contributed by atoms with Crippen LogP contribution in [0.15, 0.2) is 30.6 Å². The smallest absolute Gasteiger partial charge is 0.359 e. The van der Waals surface area contributed by atoms with Crippen molar-refractivity contribution in [3.8, 4) is 0 Å². The Kier molecular flexibility index (Phi) is 5.31. The lowest BCUT2D eigenvalue weighted by molar-refractivity contribution is 0.0515. The molecule has 0 saturated heterocycles. The summed E-state index contributed by atoms with van der Waals surface area (Å²) >= 11 is 0. The normalized spacial score (nSPS) is 14.2. The average molecular weight is 381 g/mol. The molecule has 0 aliphatic carbocycles. The molecular formula is C20H23N5O3. The highest BCUT2D eigenvalue weighted by atomic mass is 16.5. The van der Waals surface area contributed by atoms with Crippen LogP contribution in [0, 0.1) is 0 Å². The minimum Gasteiger partial charge on any atom is -0.461 e. The average Bonchev–Trinajstić information content (AvgIpc) is 3.07. The number of aromatic nitrogens is 4. The van der Waals surface area contributed by atoms with Gasteiger partial charge < -0.3 is 9.84 Å². The Morgan fingerprint density at radius 3 is 2.96 bits per heavy atom. The number of fused-ring (bicyclic) bond motifs is 2. The largest absolute Gasteiger partial charge is 0.461 e. The third-order valence-electron chi connectivity index (χ3n) is 4.97. The number of esters is 1. The van der Waals surface area contributed by atoms with Crippen LogP contribution >= 0.6 is 0 Å². The molecule has 0 spiro atoms. The first-order valence-corrected chi connectivity index (χ1v) is 9.48. The highest BCUT2D eigenvalue weighted by Crippen LogP contribution is 2.26. The van der Waals surface area contributed by atoms with E-state index in [0.717, 1.165) is 40.8 Å². The number of hydrogen-bond acceptors (Lipinski definition) is 7. The molecule has 1 N–H and O–H groups in total. The molecule has 0 amide bonds. The second-order valence-electron chi connectivity index (χ2n) is 6.74. The van der Waals surface area contributed by atoms with E-state index in [2.05, 4.69) is 26.0 Å². The fourth-order valence-electron chi connectivity index (χ4n) is 3.75. The Morgan fingerprint density at radius 2 is 2.14 bits per heavy atom. The molecule has 2 aromatic heterocycles. The number of aliphatic hydroxyl groups is 1. The maximum Gasteiger partial charge on any atom is 0.359 e. The number of rotatable bonds is 6. The number of nitrogens with zero attached hydrogens (tertiary/aromatic N) is 5. The van der Waals surface area contributed by atoms with Gasteiger partial charge in [-0.25, -0.2) is 4.79 Å². The SMILES string of the molecule is CCOC(=O)c1nn(CCO)c2c1CN(Cc1cccc3nccnc13)CC2. The molecule has 0 radical (unpaired) electrons. The zero-order valence-electron chi connectivity index (χ0n) is 15.8. The molecule has 4 rings (SSSR count). The fraction of sp³-hybridized carbons (Fsp3) is 0.400. The third kappa shape index (κ3) is 3.48. The van der Waals surface area contributed by atoms with Crippen LogP contribution in [0.1, 0.15) is 34.2 Å². The molecular weight excluding hydrogens is 358 g/mol. The van der Waals surface area contributed by atoms with Crippen LogP contribution < -0.4 is 0 Å². The number of ether oxygens (including phenoxy) is 1. The minimum absolute atomic E-state index is 0.0191. The lowest BCUT2D eigenvalue weighted by Crippen LogP contribution is -2.31. The fourth-order valence-corrected chi connectivity index (χ4v) is 3.75. The molecule has 8 nitrogen and oxygen atoms in total. The molecule has 0 atom stereocenters. The molecule has 0 fully saturated rings. The molecule has 1 aromatic carbocycles. The van der Waals surface area contributed by atoms with Gasteiger partial charge in [0.25, 0.3) is 0 Å². The summed E-state index contributed by atoms with van der Waals surface area (Å²) in [7, 11) is 0. The standard InChI is InChI=1S/C20H23N5O3/c1-2-28-20(27)19-15-13-24(9-6-17(15)25(23-19)10-11-26)12-14-4-3-5-16-18(14)22-8-7-21-16/h3-5,7-8,26H,2,6,9-13H2,1H3. The summed E-state index contributed by atoms with van der Waals surface area (Å²) in [5.74, 6) is -0.409. The van der Waals surface area contributed by atoms with Crippen LogP contribution in [-0.2, 0) is 30.8 Å². The van der Waals surface area contributed by atoms with Crippen LogP contribution in [0.2, 0.25) is 0 Å². The van der Waals surface area contributed by atoms with Gasteiger partial charge in [0.05, 0.1) is 30.8 Å². The Morgan fingerprint density at radius 1 is 1.29 bits per heavy atom. The molecule has 0 bridgehead atoms. The summed E-state index contributed by atoms with van der Waals surface area (Å²) in [5, 5.41) is 13.7. The Balaban J connectivity index is 1.62. The van der Waals surface area contributed by atoms with E-state index in [-0.39, 0.29) is 6.61 Å². The highest BCUT2D eigenvalue weighted by Gasteiger charge is 2.29. The van der Waals surface area contributed by atoms with Gasteiger partial charge in [0.15, 0.2) is 5.69 Å². The van der Waals surface area contributed by atoms with Gasteiger partial charge >= 0.3 is 5.97 Å². The first-order valence-electron chi connectivity index (χ1n) is 9.48. The van der Waals surface area contributed by atoms with Gasteiger partial charge in [0.1, 0.15) is 0 Å². The second-order valence-corrected chi connectivity index (χ2v) is 6.74. The van der Waals surface area contributed by atoms with Crippen molar-refractivity contribution in [3.63, 3.8) is 0 Å². The van der Waals surface area contributed by atoms with E-state index in [9.17, 15) is 9.90 Å². The molecule has 146 valence electrons. The van der Waals surface area contributed by atoms with Gasteiger partial charge in [-0.3, -0.25) is 19.5 Å². The zero-order valence-corrected chi connectivity index (χ0v) is 15.8. The molecule has 3 heterocycles. The molecule has 0 unspecified atom stereocenters. The molecule has 1 aliphatic rings. The van der Waals surface area contributed by atoms with E-state index < -0.39 is 5.97 Å². The van der Waals surface area contributed by atoms with E-state index in [1.807, 2.05) is 12.1 Å². The number of hydrogen-bond donors (Lipinski definition) is 1. The van der Waals surface area contributed by atoms with Crippen molar-refractivity contribution in [1.29, 1.82) is 0 Å². The van der Waals surface area contributed by atoms with Gasteiger partial charge in [-0.05, 0) is 18.6 Å². The first kappa shape index (κ1) is 18.5. The van der Waals surface area contributed by atoms with Crippen molar-refractivity contribution in [3.05, 3.63) is 53.1 Å². The van der Waals surface area contributed by atoms with Crippen molar-refractivity contribution in [2.24, 2.45) is 0 Å². The molecule has 1 aliphatic heterocycles. The lowest BCUT2D eigenvalue weighted by atomic mass is 10.0. The van der Waals surface area contributed by atoms with Crippen molar-refractivity contribution in [2.45, 2.75) is 33.0 Å². The predicted molar refractivity (Wildman–Crippen MR) is 103 cm³/mol. The van der Waals surface area contributed by atoms with Gasteiger partial charge in [0.2, 0.25) is 0 Å². The summed E-state index contributed by atoms with van der Waals surface area (Å²) in [6, 6.07) is 6.01. The first-order chi connectivity index (χ1) is 13.7. The Bertz CT molecular complexity index is 995. The van der Waals surface area contributed by atoms with Crippen LogP contribution in [0.5, 0.6) is 0 Å². The summed E-state index contributed by atoms with van der Waals surface area (Å²) in [6.07, 6.45) is 4.16. The van der Waals surface area contributed by atoms with Gasteiger partial charge in [-0.1, -0.05) is 12.1 Å². The third-order valence-corrected chi connectivity index (χ3v) is 4.97. The van der Waals surface area contributed by atoms with Gasteiger partial charge in [-0.2, -0.15) is 5.10 Å². The summed E-state index contributed by atoms with van der Waals surface area (Å²) in [5.41, 5.74) is 5.13. The van der Waals surface area contributed by atoms with Crippen molar-refractivity contribution in [2.75, 3.05) is 19.8 Å². The highest BCUT2D eigenvalue weighted by molar-refractivity contribution is 5.89. The molecule has 3 aromatic rings. The van der Waals surface area contributed by atoms with E-state index >= 15 is 0 Å². The lowest BCUT2D eigenvalue weighted by Gasteiger charge is -2.27. The van der Waals surface area contributed by atoms with Crippen LogP contribution in [0.4, 0.5) is 0 Å². The van der Waals surface area contributed by atoms with Crippen molar-refractivity contribution >= 4 is 17.0 Å². The quantitative estimate of drug-likeness (QED) is 0.648. The van der Waals surface area contributed by atoms with E-state index in [1.165, 1.54) is 0 Å². The Hall–Kier alpha value is -2.84. The maximum absolute atomic E-state index is 12.4. The molecule has 0 saturated carbocycles. The Labute approximate surface area is 162 Å². The predicted octanol–water partition coefficient (Wildman–Crippen LogP) is 1.55. The van der Waals surface area contributed by atoms with Crippen LogP contribution in [-0.4, -0.2) is 55.5 Å². The molecule has 8 heteroatoms. The number of carbonyl (C=O) groups excluding carboxylic acids is 1. The maximum atomic E-state index is 12.4. The summed E-state index contributed by atoms with van der Waals surface area (Å²) < 4.78 is 6.92. The van der Waals surface area contributed by atoms with Crippen molar-refractivity contribution < 1.29 is 14.6 Å². The number of para-hydroxylation sites is 1. The topological polar surface area (TPSA) is 93.4 Å². The van der Waals surface area contributed by atoms with Gasteiger partial charge in [-0.15, -0.1) is 0 Å². The summed E-state index contributed by atoms with van der Waals surface area (Å²) in [6.45, 7) is 4.59. The number of carbonyl (C=O) groups is 1. The van der Waals surface area contributed by atoms with E-state index in [1.54, 1.807) is 24.0 Å². The second kappa shape index (κ2) is 8.04.